The van der Waals surface area contributed by atoms with Gasteiger partial charge in [-0.05, 0) is 27.2 Å². The second-order valence-corrected chi connectivity index (χ2v) is 10.6. The van der Waals surface area contributed by atoms with Crippen LogP contribution in [0.2, 0.25) is 0 Å². The Kier molecular flexibility index (Phi) is 5.86. The van der Waals surface area contributed by atoms with Crippen LogP contribution >= 0.6 is 0 Å². The van der Waals surface area contributed by atoms with E-state index in [-0.39, 0.29) is 12.6 Å². The fourth-order valence-corrected chi connectivity index (χ4v) is 5.48. The third-order valence-corrected chi connectivity index (χ3v) is 7.36. The fourth-order valence-electron chi connectivity index (χ4n) is 5.48. The van der Waals surface area contributed by atoms with Crippen molar-refractivity contribution in [3.63, 3.8) is 0 Å². The monoisotopic (exact) mass is 534 g/mol. The fraction of sp³-hybridized carbons (Fsp3) is 0.500. The Bertz CT molecular complexity index is 1500. The molecule has 39 heavy (non-hydrogen) atoms. The average Bonchev–Trinajstić information content (AvgIpc) is 3.73. The second kappa shape index (κ2) is 9.31. The lowest BCUT2D eigenvalue weighted by Gasteiger charge is -2.24. The number of hydrogen-bond donors (Lipinski definition) is 3. The van der Waals surface area contributed by atoms with Crippen molar-refractivity contribution in [3.05, 3.63) is 36.2 Å². The zero-order chi connectivity index (χ0) is 26.7. The van der Waals surface area contributed by atoms with Crippen LogP contribution in [0.25, 0.3) is 33.9 Å². The van der Waals surface area contributed by atoms with Gasteiger partial charge in [-0.1, -0.05) is 29.8 Å². The second-order valence-electron chi connectivity index (χ2n) is 10.6. The molecule has 7 rings (SSSR count). The van der Waals surface area contributed by atoms with Crippen molar-refractivity contribution in [1.29, 1.82) is 0 Å². The normalized spacial score (nSPS) is 27.8. The third kappa shape index (κ3) is 4.26. The quantitative estimate of drug-likeness (QED) is 0.333. The highest BCUT2D eigenvalue weighted by molar-refractivity contribution is 5.86. The highest BCUT2D eigenvalue weighted by Crippen LogP contribution is 2.44. The molecule has 3 aliphatic heterocycles. The molecule has 0 aliphatic carbocycles. The highest BCUT2D eigenvalue weighted by Gasteiger charge is 2.56. The number of ether oxygens (including phenoxy) is 4. The molecule has 204 valence electrons. The molecule has 13 nitrogen and oxygen atoms in total. The van der Waals surface area contributed by atoms with Gasteiger partial charge in [-0.3, -0.25) is 4.57 Å². The van der Waals surface area contributed by atoms with E-state index in [1.54, 1.807) is 6.33 Å². The number of benzene rings is 1. The van der Waals surface area contributed by atoms with E-state index < -0.39 is 30.3 Å². The number of aromatic nitrogens is 7. The van der Waals surface area contributed by atoms with Crippen LogP contribution in [-0.2, 0) is 18.9 Å². The van der Waals surface area contributed by atoms with Crippen LogP contribution in [0.3, 0.4) is 0 Å². The first-order valence-corrected chi connectivity index (χ1v) is 13.1. The van der Waals surface area contributed by atoms with E-state index in [9.17, 15) is 5.11 Å². The van der Waals surface area contributed by atoms with Crippen LogP contribution in [0.15, 0.2) is 30.6 Å². The molecular formula is C26H30N8O5. The zero-order valence-corrected chi connectivity index (χ0v) is 21.9. The number of rotatable bonds is 6. The van der Waals surface area contributed by atoms with Crippen LogP contribution in [0.1, 0.15) is 32.1 Å². The van der Waals surface area contributed by atoms with Crippen LogP contribution < -0.4 is 5.32 Å². The maximum atomic E-state index is 9.99. The summed E-state index contributed by atoms with van der Waals surface area (Å²) in [5, 5.41) is 25.0. The summed E-state index contributed by atoms with van der Waals surface area (Å²) in [6.07, 6.45) is 0.483. The maximum absolute atomic E-state index is 9.99. The number of anilines is 1. The molecule has 3 aromatic heterocycles. The molecule has 3 N–H and O–H groups in total. The van der Waals surface area contributed by atoms with Crippen molar-refractivity contribution in [3.8, 4) is 22.8 Å². The minimum Gasteiger partial charge on any atom is -0.394 e. The molecule has 3 fully saturated rings. The van der Waals surface area contributed by atoms with Gasteiger partial charge in [-0.25, -0.2) is 15.0 Å². The van der Waals surface area contributed by atoms with Gasteiger partial charge < -0.3 is 29.4 Å². The smallest absolute Gasteiger partial charge is 0.186 e. The van der Waals surface area contributed by atoms with Gasteiger partial charge in [0.1, 0.15) is 24.0 Å². The number of nitrogens with one attached hydrogen (secondary N) is 2. The van der Waals surface area contributed by atoms with Crippen molar-refractivity contribution >= 4 is 17.0 Å². The van der Waals surface area contributed by atoms with Gasteiger partial charge in [0.05, 0.1) is 25.6 Å². The number of imidazole rings is 1. The third-order valence-electron chi connectivity index (χ3n) is 7.36. The van der Waals surface area contributed by atoms with Crippen molar-refractivity contribution in [2.75, 3.05) is 25.1 Å². The number of fused-ring (bicyclic) bond motifs is 2. The van der Waals surface area contributed by atoms with E-state index in [0.717, 1.165) is 17.5 Å². The molecule has 0 saturated carbocycles. The standard InChI is InChI=1S/C26H30N8O5/c1-13-4-6-14(7-5-13)17-18(32-33-31-17)22-29-23(28-15-8-9-36-11-15)19-24(30-22)34(12-27-19)25-21-20(16(10-35)37-25)38-26(2,3)39-21/h4-7,12,15-16,20-21,25,35H,8-11H2,1-3H3,(H,28,29,30)(H,31,32,33)/t15?,16-,20-,21-,25-/m1/s1. The minimum atomic E-state index is -0.805. The molecule has 0 amide bonds. The molecule has 0 spiro atoms. The van der Waals surface area contributed by atoms with Crippen LogP contribution in [-0.4, -0.2) is 90.0 Å². The van der Waals surface area contributed by atoms with E-state index in [4.69, 9.17) is 28.9 Å². The Morgan fingerprint density at radius 2 is 1.90 bits per heavy atom. The Morgan fingerprint density at radius 3 is 2.67 bits per heavy atom. The molecule has 4 aromatic rings. The van der Waals surface area contributed by atoms with E-state index in [2.05, 4.69) is 25.7 Å². The molecule has 1 unspecified atom stereocenters. The average molecular weight is 535 g/mol. The largest absolute Gasteiger partial charge is 0.394 e. The summed E-state index contributed by atoms with van der Waals surface area (Å²) < 4.78 is 25.9. The molecule has 0 radical (unpaired) electrons. The van der Waals surface area contributed by atoms with Gasteiger partial charge in [-0.15, -0.1) is 0 Å². The Hall–Kier alpha value is -3.49. The SMILES string of the molecule is Cc1ccc(-c2n[nH]nc2-c2nc(NC3CCOC3)c3ncn([C@@H]4O[C@H](CO)[C@H]5OC(C)(C)O[C@H]54)c3n2)cc1. The van der Waals surface area contributed by atoms with Crippen LogP contribution in [0, 0.1) is 6.92 Å². The van der Waals surface area contributed by atoms with Crippen molar-refractivity contribution < 1.29 is 24.1 Å². The van der Waals surface area contributed by atoms with Crippen LogP contribution in [0.5, 0.6) is 0 Å². The minimum absolute atomic E-state index is 0.0909. The van der Waals surface area contributed by atoms with Gasteiger partial charge in [0.15, 0.2) is 40.5 Å². The number of hydrogen-bond acceptors (Lipinski definition) is 11. The lowest BCUT2D eigenvalue weighted by molar-refractivity contribution is -0.199. The molecule has 1 aromatic carbocycles. The number of H-pyrrole nitrogens is 1. The number of aliphatic hydroxyl groups excluding tert-OH is 1. The molecule has 6 heterocycles. The number of aromatic amines is 1. The summed E-state index contributed by atoms with van der Waals surface area (Å²) in [7, 11) is 0. The summed E-state index contributed by atoms with van der Waals surface area (Å²) in [5.41, 5.74) is 4.31. The van der Waals surface area contributed by atoms with Gasteiger partial charge in [0, 0.05) is 12.2 Å². The summed E-state index contributed by atoms with van der Waals surface area (Å²) in [5.74, 6) is 0.145. The predicted molar refractivity (Wildman–Crippen MR) is 139 cm³/mol. The Balaban J connectivity index is 1.35. The Morgan fingerprint density at radius 1 is 1.10 bits per heavy atom. The lowest BCUT2D eigenvalue weighted by atomic mass is 10.1. The van der Waals surface area contributed by atoms with Crippen molar-refractivity contribution in [1.82, 2.24) is 34.9 Å². The first-order valence-electron chi connectivity index (χ1n) is 13.1. The molecule has 3 saturated heterocycles. The number of nitrogens with zero attached hydrogens (tertiary/aromatic N) is 6. The van der Waals surface area contributed by atoms with E-state index in [1.807, 2.05) is 49.6 Å². The van der Waals surface area contributed by atoms with Crippen LogP contribution in [0.4, 0.5) is 5.82 Å². The van der Waals surface area contributed by atoms with Crippen molar-refractivity contribution in [2.24, 2.45) is 0 Å². The van der Waals surface area contributed by atoms with Gasteiger partial charge in [-0.2, -0.15) is 15.4 Å². The summed E-state index contributed by atoms with van der Waals surface area (Å²) in [6, 6.07) is 8.13. The molecule has 5 atom stereocenters. The number of aryl methyl sites for hydroxylation is 1. The summed E-state index contributed by atoms with van der Waals surface area (Å²) in [6.45, 7) is 6.81. The summed E-state index contributed by atoms with van der Waals surface area (Å²) >= 11 is 0. The highest BCUT2D eigenvalue weighted by atomic mass is 16.8. The van der Waals surface area contributed by atoms with E-state index in [1.165, 1.54) is 0 Å². The van der Waals surface area contributed by atoms with Gasteiger partial charge in [0.2, 0.25) is 0 Å². The maximum Gasteiger partial charge on any atom is 0.186 e. The summed E-state index contributed by atoms with van der Waals surface area (Å²) in [4.78, 5) is 14.4. The van der Waals surface area contributed by atoms with Crippen molar-refractivity contribution in [2.45, 2.75) is 63.6 Å². The first-order chi connectivity index (χ1) is 18.9. The molecule has 0 bridgehead atoms. The number of aliphatic hydroxyl groups is 1. The van der Waals surface area contributed by atoms with E-state index in [0.29, 0.717) is 47.4 Å². The van der Waals surface area contributed by atoms with Gasteiger partial charge >= 0.3 is 0 Å². The molecule has 3 aliphatic rings. The zero-order valence-electron chi connectivity index (χ0n) is 21.9. The predicted octanol–water partition coefficient (Wildman–Crippen LogP) is 2.20. The van der Waals surface area contributed by atoms with E-state index >= 15 is 0 Å². The van der Waals surface area contributed by atoms with Gasteiger partial charge in [0.25, 0.3) is 0 Å². The Labute approximate surface area is 223 Å². The first kappa shape index (κ1) is 24.5. The molecular weight excluding hydrogens is 504 g/mol. The molecule has 13 heteroatoms. The lowest BCUT2D eigenvalue weighted by Crippen LogP contribution is -2.31. The topological polar surface area (TPSA) is 154 Å².